The zero-order valence-corrected chi connectivity index (χ0v) is 10.1. The van der Waals surface area contributed by atoms with Crippen molar-refractivity contribution in [2.75, 3.05) is 6.54 Å². The van der Waals surface area contributed by atoms with Crippen molar-refractivity contribution in [3.8, 4) is 0 Å². The van der Waals surface area contributed by atoms with Crippen molar-refractivity contribution in [3.63, 3.8) is 0 Å². The van der Waals surface area contributed by atoms with E-state index >= 15 is 0 Å². The van der Waals surface area contributed by atoms with Gasteiger partial charge in [0, 0.05) is 10.5 Å². The van der Waals surface area contributed by atoms with E-state index in [9.17, 15) is 4.39 Å². The molecule has 1 nitrogen and oxygen atoms in total. The van der Waals surface area contributed by atoms with E-state index in [1.54, 1.807) is 0 Å². The molecule has 0 aromatic heterocycles. The van der Waals surface area contributed by atoms with Gasteiger partial charge in [-0.2, -0.15) is 0 Å². The van der Waals surface area contributed by atoms with Crippen LogP contribution in [0.15, 0.2) is 22.7 Å². The summed E-state index contributed by atoms with van der Waals surface area (Å²) in [5.74, 6) is -0.205. The molecule has 1 unspecified atom stereocenters. The first-order chi connectivity index (χ1) is 6.65. The van der Waals surface area contributed by atoms with E-state index in [2.05, 4.69) is 35.1 Å². The van der Waals surface area contributed by atoms with Crippen LogP contribution in [-0.2, 0) is 0 Å². The molecule has 0 amide bonds. The topological polar surface area (TPSA) is 12.0 Å². The fourth-order valence-corrected chi connectivity index (χ4v) is 2.02. The number of nitrogens with one attached hydrogen (secondary N) is 1. The van der Waals surface area contributed by atoms with Gasteiger partial charge in [-0.3, -0.25) is 0 Å². The van der Waals surface area contributed by atoms with Crippen LogP contribution in [-0.4, -0.2) is 6.54 Å². The van der Waals surface area contributed by atoms with Crippen molar-refractivity contribution in [2.24, 2.45) is 0 Å². The molecule has 0 saturated carbocycles. The first-order valence-electron chi connectivity index (χ1n) is 4.83. The van der Waals surface area contributed by atoms with E-state index in [-0.39, 0.29) is 11.9 Å². The molecule has 0 bridgehead atoms. The molecular weight excluding hydrogens is 245 g/mol. The van der Waals surface area contributed by atoms with Crippen molar-refractivity contribution in [1.82, 2.24) is 5.32 Å². The largest absolute Gasteiger partial charge is 0.310 e. The van der Waals surface area contributed by atoms with E-state index in [0.717, 1.165) is 23.0 Å². The smallest absolute Gasteiger partial charge is 0.124 e. The Labute approximate surface area is 92.8 Å². The quantitative estimate of drug-likeness (QED) is 0.871. The van der Waals surface area contributed by atoms with Crippen molar-refractivity contribution >= 4 is 15.9 Å². The molecule has 78 valence electrons. The van der Waals surface area contributed by atoms with Gasteiger partial charge in [0.05, 0.1) is 0 Å². The SMILES string of the molecule is CCCNC(C)c1ccc(F)cc1Br. The highest BCUT2D eigenvalue weighted by atomic mass is 79.9. The van der Waals surface area contributed by atoms with Crippen LogP contribution in [0.3, 0.4) is 0 Å². The normalized spacial score (nSPS) is 12.9. The Morgan fingerprint density at radius 3 is 2.79 bits per heavy atom. The molecule has 0 saturated heterocycles. The van der Waals surface area contributed by atoms with Gasteiger partial charge < -0.3 is 5.32 Å². The molecule has 0 aliphatic rings. The van der Waals surface area contributed by atoms with Crippen LogP contribution in [0.25, 0.3) is 0 Å². The third-order valence-electron chi connectivity index (χ3n) is 2.13. The number of rotatable bonds is 4. The molecular formula is C11H15BrFN. The van der Waals surface area contributed by atoms with E-state index in [1.807, 2.05) is 6.07 Å². The average molecular weight is 260 g/mol. The molecule has 1 N–H and O–H groups in total. The molecule has 1 rings (SSSR count). The highest BCUT2D eigenvalue weighted by molar-refractivity contribution is 9.10. The van der Waals surface area contributed by atoms with Gasteiger partial charge >= 0.3 is 0 Å². The zero-order chi connectivity index (χ0) is 10.6. The Morgan fingerprint density at radius 1 is 1.50 bits per heavy atom. The van der Waals surface area contributed by atoms with Gasteiger partial charge in [0.25, 0.3) is 0 Å². The Kier molecular flexibility index (Phi) is 4.55. The summed E-state index contributed by atoms with van der Waals surface area (Å²) in [4.78, 5) is 0. The van der Waals surface area contributed by atoms with Gasteiger partial charge in [-0.1, -0.05) is 28.9 Å². The fraction of sp³-hybridized carbons (Fsp3) is 0.455. The average Bonchev–Trinajstić information content (AvgIpc) is 2.14. The van der Waals surface area contributed by atoms with Crippen molar-refractivity contribution in [2.45, 2.75) is 26.3 Å². The number of halogens is 2. The fourth-order valence-electron chi connectivity index (χ4n) is 1.32. The van der Waals surface area contributed by atoms with Crippen LogP contribution in [0, 0.1) is 5.82 Å². The Balaban J connectivity index is 2.74. The summed E-state index contributed by atoms with van der Waals surface area (Å²) in [5, 5.41) is 3.36. The molecule has 0 aliphatic heterocycles. The summed E-state index contributed by atoms with van der Waals surface area (Å²) in [7, 11) is 0. The maximum absolute atomic E-state index is 12.8. The summed E-state index contributed by atoms with van der Waals surface area (Å²) >= 11 is 3.36. The summed E-state index contributed by atoms with van der Waals surface area (Å²) in [6.07, 6.45) is 1.10. The van der Waals surface area contributed by atoms with E-state index in [0.29, 0.717) is 0 Å². The molecule has 0 aliphatic carbocycles. The molecule has 3 heteroatoms. The Bertz CT molecular complexity index is 301. The molecule has 0 radical (unpaired) electrons. The Morgan fingerprint density at radius 2 is 2.21 bits per heavy atom. The first kappa shape index (κ1) is 11.7. The molecule has 14 heavy (non-hydrogen) atoms. The number of hydrogen-bond donors (Lipinski definition) is 1. The summed E-state index contributed by atoms with van der Waals surface area (Å²) < 4.78 is 13.6. The Hall–Kier alpha value is -0.410. The molecule has 1 atom stereocenters. The summed E-state index contributed by atoms with van der Waals surface area (Å²) in [5.41, 5.74) is 1.10. The van der Waals surface area contributed by atoms with E-state index in [4.69, 9.17) is 0 Å². The maximum Gasteiger partial charge on any atom is 0.124 e. The van der Waals surface area contributed by atoms with Gasteiger partial charge in [-0.15, -0.1) is 0 Å². The van der Waals surface area contributed by atoms with Crippen LogP contribution in [0.2, 0.25) is 0 Å². The second kappa shape index (κ2) is 5.47. The van der Waals surface area contributed by atoms with Crippen LogP contribution >= 0.6 is 15.9 Å². The zero-order valence-electron chi connectivity index (χ0n) is 8.48. The van der Waals surface area contributed by atoms with Crippen LogP contribution in [0.4, 0.5) is 4.39 Å². The van der Waals surface area contributed by atoms with E-state index < -0.39 is 0 Å². The lowest BCUT2D eigenvalue weighted by Gasteiger charge is -2.15. The van der Waals surface area contributed by atoms with Gasteiger partial charge in [0.1, 0.15) is 5.82 Å². The monoisotopic (exact) mass is 259 g/mol. The minimum absolute atomic E-state index is 0.205. The van der Waals surface area contributed by atoms with E-state index in [1.165, 1.54) is 12.1 Å². The highest BCUT2D eigenvalue weighted by Gasteiger charge is 2.08. The predicted molar refractivity (Wildman–Crippen MR) is 60.8 cm³/mol. The minimum atomic E-state index is -0.205. The van der Waals surface area contributed by atoms with Crippen LogP contribution in [0.1, 0.15) is 31.9 Å². The van der Waals surface area contributed by atoms with Gasteiger partial charge in [-0.05, 0) is 37.6 Å². The maximum atomic E-state index is 12.8. The second-order valence-corrected chi connectivity index (χ2v) is 4.20. The lowest BCUT2D eigenvalue weighted by molar-refractivity contribution is 0.565. The van der Waals surface area contributed by atoms with Crippen molar-refractivity contribution in [3.05, 3.63) is 34.1 Å². The lowest BCUT2D eigenvalue weighted by atomic mass is 10.1. The van der Waals surface area contributed by atoms with Crippen LogP contribution in [0.5, 0.6) is 0 Å². The van der Waals surface area contributed by atoms with Crippen molar-refractivity contribution in [1.29, 1.82) is 0 Å². The number of benzene rings is 1. The molecule has 1 aromatic rings. The summed E-state index contributed by atoms with van der Waals surface area (Å²) in [6.45, 7) is 5.18. The molecule has 0 fully saturated rings. The van der Waals surface area contributed by atoms with Gasteiger partial charge in [0.15, 0.2) is 0 Å². The standard InChI is InChI=1S/C11H15BrFN/c1-3-6-14-8(2)10-5-4-9(13)7-11(10)12/h4-5,7-8,14H,3,6H2,1-2H3. The van der Waals surface area contributed by atoms with Gasteiger partial charge in [-0.25, -0.2) is 4.39 Å². The molecule has 0 spiro atoms. The second-order valence-electron chi connectivity index (χ2n) is 3.34. The third kappa shape index (κ3) is 3.07. The molecule has 0 heterocycles. The van der Waals surface area contributed by atoms with Crippen LogP contribution < -0.4 is 5.32 Å². The number of hydrogen-bond acceptors (Lipinski definition) is 1. The third-order valence-corrected chi connectivity index (χ3v) is 2.82. The van der Waals surface area contributed by atoms with Gasteiger partial charge in [0.2, 0.25) is 0 Å². The first-order valence-corrected chi connectivity index (χ1v) is 5.62. The molecule has 1 aromatic carbocycles. The predicted octanol–water partition coefficient (Wildman–Crippen LogP) is 3.65. The highest BCUT2D eigenvalue weighted by Crippen LogP contribution is 2.23. The minimum Gasteiger partial charge on any atom is -0.310 e. The van der Waals surface area contributed by atoms with Crippen molar-refractivity contribution < 1.29 is 4.39 Å². The lowest BCUT2D eigenvalue weighted by Crippen LogP contribution is -2.19. The summed E-state index contributed by atoms with van der Waals surface area (Å²) in [6, 6.07) is 5.06.